The summed E-state index contributed by atoms with van der Waals surface area (Å²) in [5.41, 5.74) is 2.41. The smallest absolute Gasteiger partial charge is 0.418 e. The van der Waals surface area contributed by atoms with E-state index in [4.69, 9.17) is 22.1 Å². The highest BCUT2D eigenvalue weighted by molar-refractivity contribution is 6.30. The number of nitrogens with zero attached hydrogens (tertiary/aromatic N) is 1. The Balaban J connectivity index is 2.12. The Bertz CT molecular complexity index is 1070. The molecule has 2 aromatic rings. The number of aryl methyl sites for hydroxylation is 1. The van der Waals surface area contributed by atoms with Crippen molar-refractivity contribution < 1.29 is 27.5 Å². The Kier molecular flexibility index (Phi) is 8.14. The summed E-state index contributed by atoms with van der Waals surface area (Å²) in [5, 5.41) is 5.49. The first-order valence-corrected chi connectivity index (χ1v) is 9.83. The number of alkyl halides is 3. The van der Waals surface area contributed by atoms with Gasteiger partial charge >= 0.3 is 6.18 Å². The van der Waals surface area contributed by atoms with Gasteiger partial charge < -0.3 is 25.7 Å². The number of halogens is 4. The lowest BCUT2D eigenvalue weighted by Gasteiger charge is -2.16. The van der Waals surface area contributed by atoms with Gasteiger partial charge in [-0.15, -0.1) is 0 Å². The molecule has 0 aliphatic heterocycles. The molecule has 0 aliphatic carbocycles. The predicted molar refractivity (Wildman–Crippen MR) is 112 cm³/mol. The molecular weight excluding hydrogens is 453 g/mol. The summed E-state index contributed by atoms with van der Waals surface area (Å²) in [7, 11) is 0. The number of benzene rings is 1. The fraction of sp³-hybridized carbons (Fsp3) is 0.350. The number of ether oxygens (including phenoxy) is 1. The van der Waals surface area contributed by atoms with Crippen LogP contribution in [-0.2, 0) is 28.9 Å². The van der Waals surface area contributed by atoms with Gasteiger partial charge in [0.25, 0.3) is 11.5 Å². The quantitative estimate of drug-likeness (QED) is 0.542. The molecule has 0 spiro atoms. The lowest BCUT2D eigenvalue weighted by atomic mass is 10.1. The van der Waals surface area contributed by atoms with Crippen LogP contribution in [-0.4, -0.2) is 29.5 Å². The minimum Gasteiger partial charge on any atom is -0.483 e. The van der Waals surface area contributed by atoms with Crippen molar-refractivity contribution in [1.29, 1.82) is 0 Å². The van der Waals surface area contributed by atoms with E-state index in [9.17, 15) is 27.6 Å². The van der Waals surface area contributed by atoms with Crippen molar-refractivity contribution in [3.63, 3.8) is 0 Å². The molecule has 12 heteroatoms. The lowest BCUT2D eigenvalue weighted by Crippen LogP contribution is -2.35. The van der Waals surface area contributed by atoms with E-state index in [1.165, 1.54) is 19.1 Å². The summed E-state index contributed by atoms with van der Waals surface area (Å²) < 4.78 is 45.3. The van der Waals surface area contributed by atoms with E-state index in [1.807, 2.05) is 0 Å². The highest BCUT2D eigenvalue weighted by Gasteiger charge is 2.35. The minimum absolute atomic E-state index is 0.0615. The summed E-state index contributed by atoms with van der Waals surface area (Å²) in [6, 6.07) is 5.33. The average Bonchev–Trinajstić information content (AvgIpc) is 2.71. The standard InChI is InChI=1S/C20H22ClF3N4O4/c1-3-26-17(30)10-32-15-5-4-13(21)7-12(15)8-27-16(29)9-28-11(2)6-14(20(22,23)24)18(25)19(28)31/h4-7H,3,8-10,25H2,1-2H3,(H,26,30)(H,27,29). The zero-order chi connectivity index (χ0) is 24.1. The van der Waals surface area contributed by atoms with Gasteiger partial charge in [-0.3, -0.25) is 14.4 Å². The molecule has 0 unspecified atom stereocenters. The zero-order valence-electron chi connectivity index (χ0n) is 17.3. The third-order valence-corrected chi connectivity index (χ3v) is 4.62. The summed E-state index contributed by atoms with van der Waals surface area (Å²) in [4.78, 5) is 36.2. The number of hydrogen-bond donors (Lipinski definition) is 3. The summed E-state index contributed by atoms with van der Waals surface area (Å²) >= 11 is 5.99. The van der Waals surface area contributed by atoms with Crippen molar-refractivity contribution in [2.24, 2.45) is 0 Å². The van der Waals surface area contributed by atoms with E-state index < -0.39 is 35.4 Å². The van der Waals surface area contributed by atoms with Crippen LogP contribution in [0.2, 0.25) is 5.02 Å². The molecule has 32 heavy (non-hydrogen) atoms. The number of rotatable bonds is 8. The second-order valence-electron chi connectivity index (χ2n) is 6.77. The normalized spacial score (nSPS) is 11.2. The monoisotopic (exact) mass is 474 g/mol. The molecule has 0 saturated carbocycles. The molecular formula is C20H22ClF3N4O4. The van der Waals surface area contributed by atoms with Crippen LogP contribution in [0.1, 0.15) is 23.7 Å². The van der Waals surface area contributed by atoms with Gasteiger partial charge in [0.15, 0.2) is 6.61 Å². The first-order valence-electron chi connectivity index (χ1n) is 9.45. The minimum atomic E-state index is -4.79. The second-order valence-corrected chi connectivity index (χ2v) is 7.21. The molecule has 2 amide bonds. The van der Waals surface area contributed by atoms with Gasteiger partial charge in [-0.25, -0.2) is 0 Å². The molecule has 0 atom stereocenters. The number of pyridine rings is 1. The molecule has 0 radical (unpaired) electrons. The summed E-state index contributed by atoms with van der Waals surface area (Å²) in [6.45, 7) is 2.64. The number of likely N-dealkylation sites (N-methyl/N-ethyl adjacent to an activating group) is 1. The maximum Gasteiger partial charge on any atom is 0.418 e. The second kappa shape index (κ2) is 10.4. The highest BCUT2D eigenvalue weighted by atomic mass is 35.5. The molecule has 0 bridgehead atoms. The van der Waals surface area contributed by atoms with E-state index in [1.54, 1.807) is 13.0 Å². The van der Waals surface area contributed by atoms with Crippen molar-refractivity contribution in [3.05, 3.63) is 56.5 Å². The first-order chi connectivity index (χ1) is 14.9. The first kappa shape index (κ1) is 25.1. The molecule has 1 aromatic heterocycles. The number of carbonyl (C=O) groups is 2. The van der Waals surface area contributed by atoms with Crippen molar-refractivity contribution in [2.45, 2.75) is 33.1 Å². The van der Waals surface area contributed by atoms with Crippen LogP contribution in [0.4, 0.5) is 18.9 Å². The molecule has 0 fully saturated rings. The fourth-order valence-corrected chi connectivity index (χ4v) is 3.02. The molecule has 4 N–H and O–H groups in total. The van der Waals surface area contributed by atoms with Crippen molar-refractivity contribution >= 4 is 29.1 Å². The number of aromatic nitrogens is 1. The van der Waals surface area contributed by atoms with E-state index in [0.717, 1.165) is 4.57 Å². The van der Waals surface area contributed by atoms with E-state index >= 15 is 0 Å². The van der Waals surface area contributed by atoms with Gasteiger partial charge in [0, 0.05) is 29.4 Å². The van der Waals surface area contributed by atoms with Crippen LogP contribution in [0.5, 0.6) is 5.75 Å². The van der Waals surface area contributed by atoms with E-state index in [-0.39, 0.29) is 24.8 Å². The summed E-state index contributed by atoms with van der Waals surface area (Å²) in [5.74, 6) is -0.663. The van der Waals surface area contributed by atoms with Gasteiger partial charge in [-0.1, -0.05) is 11.6 Å². The third-order valence-electron chi connectivity index (χ3n) is 4.38. The largest absolute Gasteiger partial charge is 0.483 e. The van der Waals surface area contributed by atoms with Crippen molar-refractivity contribution in [3.8, 4) is 5.75 Å². The number of anilines is 1. The number of carbonyl (C=O) groups excluding carboxylic acids is 2. The van der Waals surface area contributed by atoms with Crippen molar-refractivity contribution in [2.75, 3.05) is 18.9 Å². The topological polar surface area (TPSA) is 115 Å². The van der Waals surface area contributed by atoms with Gasteiger partial charge in [0.05, 0.1) is 5.56 Å². The SMILES string of the molecule is CCNC(=O)COc1ccc(Cl)cc1CNC(=O)Cn1c(C)cc(C(F)(F)F)c(N)c1=O. The summed E-state index contributed by atoms with van der Waals surface area (Å²) in [6.07, 6.45) is -4.79. The molecule has 1 aromatic carbocycles. The Labute approximate surface area is 186 Å². The van der Waals surface area contributed by atoms with Gasteiger partial charge in [-0.05, 0) is 38.1 Å². The van der Waals surface area contributed by atoms with Crippen LogP contribution in [0.25, 0.3) is 0 Å². The molecule has 0 saturated heterocycles. The fourth-order valence-electron chi connectivity index (χ4n) is 2.83. The van der Waals surface area contributed by atoms with E-state index in [0.29, 0.717) is 28.9 Å². The van der Waals surface area contributed by atoms with Crippen LogP contribution >= 0.6 is 11.6 Å². The molecule has 2 rings (SSSR count). The molecule has 1 heterocycles. The van der Waals surface area contributed by atoms with Crippen LogP contribution in [0, 0.1) is 6.92 Å². The number of nitrogens with two attached hydrogens (primary N) is 1. The predicted octanol–water partition coefficient (Wildman–Crippen LogP) is 2.24. The zero-order valence-corrected chi connectivity index (χ0v) is 18.1. The molecule has 8 nitrogen and oxygen atoms in total. The Morgan fingerprint density at radius 2 is 1.88 bits per heavy atom. The number of amides is 2. The Morgan fingerprint density at radius 3 is 2.50 bits per heavy atom. The van der Waals surface area contributed by atoms with Crippen LogP contribution in [0.3, 0.4) is 0 Å². The molecule has 174 valence electrons. The maximum atomic E-state index is 13.0. The molecule has 0 aliphatic rings. The van der Waals surface area contributed by atoms with Crippen molar-refractivity contribution in [1.82, 2.24) is 15.2 Å². The van der Waals surface area contributed by atoms with E-state index in [2.05, 4.69) is 10.6 Å². The average molecular weight is 475 g/mol. The van der Waals surface area contributed by atoms with Crippen LogP contribution < -0.4 is 26.7 Å². The van der Waals surface area contributed by atoms with Gasteiger partial charge in [-0.2, -0.15) is 13.2 Å². The van der Waals surface area contributed by atoms with Crippen LogP contribution in [0.15, 0.2) is 29.1 Å². The van der Waals surface area contributed by atoms with Gasteiger partial charge in [0.1, 0.15) is 18.0 Å². The number of nitrogen functional groups attached to an aromatic ring is 1. The number of hydrogen-bond acceptors (Lipinski definition) is 5. The van der Waals surface area contributed by atoms with Gasteiger partial charge in [0.2, 0.25) is 5.91 Å². The lowest BCUT2D eigenvalue weighted by molar-refractivity contribution is -0.137. The third kappa shape index (κ3) is 6.39. The maximum absolute atomic E-state index is 13.0. The Morgan fingerprint density at radius 1 is 1.19 bits per heavy atom. The number of nitrogens with one attached hydrogen (secondary N) is 2. The highest BCUT2D eigenvalue weighted by Crippen LogP contribution is 2.32. The Hall–Kier alpha value is -3.21.